The number of anilines is 1. The van der Waals surface area contributed by atoms with Crippen LogP contribution in [-0.4, -0.2) is 46.4 Å². The van der Waals surface area contributed by atoms with E-state index in [9.17, 15) is 0 Å². The van der Waals surface area contributed by atoms with Gasteiger partial charge in [0.25, 0.3) is 0 Å². The number of aliphatic hydroxyl groups is 1. The number of aliphatic hydroxyl groups excluding tert-OH is 1. The lowest BCUT2D eigenvalue weighted by atomic mass is 10.1. The van der Waals surface area contributed by atoms with E-state index in [1.54, 1.807) is 10.9 Å². The number of likely N-dealkylation sites (N-methyl/N-ethyl adjacent to an activating group) is 1. The molecular weight excluding hydrogens is 346 g/mol. The molecule has 0 radical (unpaired) electrons. The Morgan fingerprint density at radius 2 is 1.96 bits per heavy atom. The van der Waals surface area contributed by atoms with E-state index in [1.165, 1.54) is 0 Å². The Kier molecular flexibility index (Phi) is 5.60. The zero-order chi connectivity index (χ0) is 18.5. The highest BCUT2D eigenvalue weighted by Crippen LogP contribution is 2.21. The monoisotopic (exact) mass is 367 g/mol. The highest BCUT2D eigenvalue weighted by atomic mass is 32.1. The number of nitrogens with zero attached hydrogens (tertiary/aromatic N) is 4. The molecule has 0 spiro atoms. The van der Waals surface area contributed by atoms with Gasteiger partial charge in [-0.15, -0.1) is 0 Å². The summed E-state index contributed by atoms with van der Waals surface area (Å²) in [5.74, 6) is 0.684. The van der Waals surface area contributed by atoms with Gasteiger partial charge in [0.2, 0.25) is 4.77 Å². The predicted octanol–water partition coefficient (Wildman–Crippen LogP) is 3.23. The molecule has 0 unspecified atom stereocenters. The molecule has 134 valence electrons. The van der Waals surface area contributed by atoms with E-state index in [4.69, 9.17) is 17.3 Å². The Balaban J connectivity index is 1.87. The Morgan fingerprint density at radius 3 is 2.65 bits per heavy atom. The third-order valence-electron chi connectivity index (χ3n) is 4.13. The summed E-state index contributed by atoms with van der Waals surface area (Å²) < 4.78 is 2.07. The molecule has 2 N–H and O–H groups in total. The van der Waals surface area contributed by atoms with Gasteiger partial charge in [-0.25, -0.2) is 5.10 Å². The van der Waals surface area contributed by atoms with Gasteiger partial charge < -0.3 is 10.0 Å². The lowest BCUT2D eigenvalue weighted by Gasteiger charge is -2.17. The zero-order valence-electron chi connectivity index (χ0n) is 14.8. The van der Waals surface area contributed by atoms with Crippen LogP contribution in [0.5, 0.6) is 0 Å². The molecule has 0 amide bonds. The van der Waals surface area contributed by atoms with Crippen LogP contribution in [0.15, 0.2) is 53.6 Å². The van der Waals surface area contributed by atoms with Crippen molar-refractivity contribution in [1.29, 1.82) is 0 Å². The molecule has 3 rings (SSSR count). The van der Waals surface area contributed by atoms with Crippen LogP contribution in [0.2, 0.25) is 0 Å². The second kappa shape index (κ2) is 8.07. The molecule has 7 heteroatoms. The molecule has 0 bridgehead atoms. The molecule has 1 aromatic heterocycles. The molecule has 3 aromatic rings. The van der Waals surface area contributed by atoms with Gasteiger partial charge in [0.1, 0.15) is 0 Å². The fraction of sp³-hybridized carbons (Fsp3) is 0.211. The van der Waals surface area contributed by atoms with Crippen LogP contribution in [0.3, 0.4) is 0 Å². The number of nitrogens with one attached hydrogen (secondary N) is 1. The minimum atomic E-state index is 0.125. The van der Waals surface area contributed by atoms with Crippen molar-refractivity contribution in [2.75, 3.05) is 25.1 Å². The molecule has 0 saturated carbocycles. The van der Waals surface area contributed by atoms with Gasteiger partial charge >= 0.3 is 0 Å². The summed E-state index contributed by atoms with van der Waals surface area (Å²) in [6.45, 7) is 2.75. The van der Waals surface area contributed by atoms with Crippen molar-refractivity contribution >= 4 is 24.1 Å². The molecule has 1 heterocycles. The molecule has 0 saturated heterocycles. The first-order chi connectivity index (χ1) is 12.6. The summed E-state index contributed by atoms with van der Waals surface area (Å²) in [6.07, 6.45) is 1.75. The second-order valence-corrected chi connectivity index (χ2v) is 6.35. The first-order valence-electron chi connectivity index (χ1n) is 8.30. The number of hydrogen-bond donors (Lipinski definition) is 2. The van der Waals surface area contributed by atoms with Crippen LogP contribution in [0.1, 0.15) is 11.1 Å². The van der Waals surface area contributed by atoms with Crippen LogP contribution in [0.4, 0.5) is 5.69 Å². The zero-order valence-corrected chi connectivity index (χ0v) is 15.6. The van der Waals surface area contributed by atoms with Gasteiger partial charge in [-0.2, -0.15) is 14.9 Å². The van der Waals surface area contributed by atoms with Crippen molar-refractivity contribution in [2.24, 2.45) is 5.10 Å². The quantitative estimate of drug-likeness (QED) is 0.518. The summed E-state index contributed by atoms with van der Waals surface area (Å²) in [7, 11) is 1.94. The Morgan fingerprint density at radius 1 is 1.23 bits per heavy atom. The van der Waals surface area contributed by atoms with E-state index in [2.05, 4.69) is 15.3 Å². The topological polar surface area (TPSA) is 69.4 Å². The van der Waals surface area contributed by atoms with Crippen LogP contribution in [-0.2, 0) is 0 Å². The fourth-order valence-corrected chi connectivity index (χ4v) is 2.79. The third kappa shape index (κ3) is 3.89. The first-order valence-corrected chi connectivity index (χ1v) is 8.71. The van der Waals surface area contributed by atoms with E-state index in [0.717, 1.165) is 22.4 Å². The molecule has 0 fully saturated rings. The van der Waals surface area contributed by atoms with E-state index in [-0.39, 0.29) is 6.61 Å². The van der Waals surface area contributed by atoms with Crippen molar-refractivity contribution in [2.45, 2.75) is 6.92 Å². The maximum Gasteiger partial charge on any atom is 0.216 e. The van der Waals surface area contributed by atoms with Crippen molar-refractivity contribution < 1.29 is 5.11 Å². The van der Waals surface area contributed by atoms with Crippen molar-refractivity contribution in [1.82, 2.24) is 14.9 Å². The van der Waals surface area contributed by atoms with Gasteiger partial charge in [-0.05, 0) is 42.4 Å². The second-order valence-electron chi connectivity index (χ2n) is 5.96. The standard InChI is InChI=1S/C19H21N5OS/c1-14-5-3-4-6-17(14)18-21-22-19(26)24(18)20-13-15-7-9-16(10-8-15)23(2)11-12-25/h3-10,13,25H,11-12H2,1-2H3,(H,22,26)/b20-13+. The maximum absolute atomic E-state index is 9.02. The third-order valence-corrected chi connectivity index (χ3v) is 4.39. The van der Waals surface area contributed by atoms with E-state index < -0.39 is 0 Å². The maximum atomic E-state index is 9.02. The number of aromatic amines is 1. The average molecular weight is 367 g/mol. The van der Waals surface area contributed by atoms with Crippen molar-refractivity contribution in [3.63, 3.8) is 0 Å². The molecule has 0 aliphatic heterocycles. The molecule has 0 atom stereocenters. The molecule has 6 nitrogen and oxygen atoms in total. The summed E-state index contributed by atoms with van der Waals surface area (Å²) in [5.41, 5.74) is 4.08. The van der Waals surface area contributed by atoms with Crippen LogP contribution in [0, 0.1) is 11.7 Å². The van der Waals surface area contributed by atoms with Crippen molar-refractivity contribution in [3.05, 3.63) is 64.4 Å². The lowest BCUT2D eigenvalue weighted by molar-refractivity contribution is 0.304. The smallest absolute Gasteiger partial charge is 0.216 e. The van der Waals surface area contributed by atoms with Crippen LogP contribution < -0.4 is 4.90 Å². The lowest BCUT2D eigenvalue weighted by Crippen LogP contribution is -2.20. The minimum Gasteiger partial charge on any atom is -0.395 e. The molecule has 2 aromatic carbocycles. The average Bonchev–Trinajstić information content (AvgIpc) is 3.01. The van der Waals surface area contributed by atoms with Crippen LogP contribution in [0.25, 0.3) is 11.4 Å². The molecular formula is C19H21N5OS. The number of rotatable bonds is 6. The van der Waals surface area contributed by atoms with E-state index in [0.29, 0.717) is 17.1 Å². The minimum absolute atomic E-state index is 0.125. The first kappa shape index (κ1) is 18.0. The summed E-state index contributed by atoms with van der Waals surface area (Å²) in [5, 5.41) is 20.7. The predicted molar refractivity (Wildman–Crippen MR) is 107 cm³/mol. The number of aryl methyl sites for hydroxylation is 1. The highest BCUT2D eigenvalue weighted by molar-refractivity contribution is 7.71. The van der Waals surface area contributed by atoms with Gasteiger partial charge in [0.05, 0.1) is 12.8 Å². The van der Waals surface area contributed by atoms with Gasteiger partial charge in [-0.3, -0.25) is 0 Å². The largest absolute Gasteiger partial charge is 0.395 e. The highest BCUT2D eigenvalue weighted by Gasteiger charge is 2.10. The molecule has 26 heavy (non-hydrogen) atoms. The van der Waals surface area contributed by atoms with Crippen molar-refractivity contribution in [3.8, 4) is 11.4 Å². The molecule has 0 aliphatic carbocycles. The Bertz CT molecular complexity index is 959. The normalized spacial score (nSPS) is 11.2. The number of aromatic nitrogens is 3. The Labute approximate surface area is 157 Å². The van der Waals surface area contributed by atoms with Gasteiger partial charge in [0.15, 0.2) is 5.82 Å². The van der Waals surface area contributed by atoms with E-state index >= 15 is 0 Å². The van der Waals surface area contributed by atoms with Gasteiger partial charge in [0, 0.05) is 24.8 Å². The number of H-pyrrole nitrogens is 1. The Hall–Kier alpha value is -2.77. The summed E-state index contributed by atoms with van der Waals surface area (Å²) in [4.78, 5) is 1.99. The fourth-order valence-electron chi connectivity index (χ4n) is 2.62. The van der Waals surface area contributed by atoms with Gasteiger partial charge in [-0.1, -0.05) is 36.4 Å². The summed E-state index contributed by atoms with van der Waals surface area (Å²) >= 11 is 5.32. The molecule has 0 aliphatic rings. The van der Waals surface area contributed by atoms with Crippen LogP contribution >= 0.6 is 12.2 Å². The summed E-state index contributed by atoms with van der Waals surface area (Å²) in [6, 6.07) is 15.9. The van der Waals surface area contributed by atoms with E-state index in [1.807, 2.05) is 67.4 Å². The number of hydrogen-bond acceptors (Lipinski definition) is 5. The SMILES string of the molecule is Cc1ccccc1-c1n[nH]c(=S)n1/N=C/c1ccc(N(C)CCO)cc1. The number of benzene rings is 2.